The maximum absolute atomic E-state index is 16.2. The van der Waals surface area contributed by atoms with E-state index in [1.54, 1.807) is 12.1 Å². The lowest BCUT2D eigenvalue weighted by molar-refractivity contribution is -0.133. The lowest BCUT2D eigenvalue weighted by atomic mass is 9.67. The van der Waals surface area contributed by atoms with Gasteiger partial charge in [0, 0.05) is 34.1 Å². The van der Waals surface area contributed by atoms with E-state index >= 15 is 8.78 Å². The summed E-state index contributed by atoms with van der Waals surface area (Å²) < 4.78 is 56.2. The number of fused-ring (bicyclic) bond motifs is 6. The second kappa shape index (κ2) is 26.4. The summed E-state index contributed by atoms with van der Waals surface area (Å²) in [7, 11) is 0. The Morgan fingerprint density at radius 1 is 0.346 bits per heavy atom. The van der Waals surface area contributed by atoms with Crippen molar-refractivity contribution in [2.45, 2.75) is 104 Å². The van der Waals surface area contributed by atoms with Crippen LogP contribution in [0.5, 0.6) is 11.5 Å². The van der Waals surface area contributed by atoms with Crippen LogP contribution in [0.25, 0.3) is 33.4 Å². The van der Waals surface area contributed by atoms with E-state index in [4.69, 9.17) is 18.9 Å². The average Bonchev–Trinajstić information content (AvgIpc) is 1.53. The van der Waals surface area contributed by atoms with Crippen LogP contribution in [0.3, 0.4) is 0 Å². The van der Waals surface area contributed by atoms with E-state index in [9.17, 15) is 0 Å². The summed E-state index contributed by atoms with van der Waals surface area (Å²) in [4.78, 5) is 4.43. The molecule has 2 fully saturated rings. The molecule has 2 heterocycles. The number of hydrogen-bond acceptors (Lipinski definition) is 6. The lowest BCUT2D eigenvalue weighted by Gasteiger charge is -2.40. The molecule has 0 bridgehead atoms. The molecule has 0 spiro atoms. The summed E-state index contributed by atoms with van der Waals surface area (Å²) in [5.41, 5.74) is 23.2. The molecule has 2 aliphatic carbocycles. The third-order valence-corrected chi connectivity index (χ3v) is 23.1. The van der Waals surface area contributed by atoms with E-state index in [1.807, 2.05) is 38.1 Å². The molecule has 0 N–H and O–H groups in total. The van der Waals surface area contributed by atoms with Crippen LogP contribution in [-0.4, -0.2) is 39.6 Å². The van der Waals surface area contributed by atoms with Crippen LogP contribution < -0.4 is 19.3 Å². The highest BCUT2D eigenvalue weighted by molar-refractivity contribution is 5.92. The van der Waals surface area contributed by atoms with E-state index in [2.05, 4.69) is 296 Å². The molecular formula is C96H90F2N2O4. The van der Waals surface area contributed by atoms with Crippen molar-refractivity contribution in [2.75, 3.05) is 49.4 Å². The summed E-state index contributed by atoms with van der Waals surface area (Å²) in [5.74, 6) is 1.12. The minimum atomic E-state index is -0.739. The fourth-order valence-electron chi connectivity index (χ4n) is 16.5. The van der Waals surface area contributed by atoms with Gasteiger partial charge in [0.2, 0.25) is 0 Å². The van der Waals surface area contributed by atoms with Gasteiger partial charge in [0.05, 0.1) is 61.3 Å². The van der Waals surface area contributed by atoms with E-state index < -0.39 is 10.8 Å². The zero-order valence-electron chi connectivity index (χ0n) is 61.3. The summed E-state index contributed by atoms with van der Waals surface area (Å²) in [6, 6.07) is 95.5. The first-order valence-corrected chi connectivity index (χ1v) is 36.9. The fraction of sp³-hybridized carbons (Fsp3) is 0.250. The number of aryl methyl sites for hydroxylation is 2. The Morgan fingerprint density at radius 3 is 1.06 bits per heavy atom. The molecule has 0 radical (unpaired) electrons. The van der Waals surface area contributed by atoms with E-state index in [0.717, 1.165) is 108 Å². The van der Waals surface area contributed by atoms with Gasteiger partial charge in [-0.2, -0.15) is 0 Å². The summed E-state index contributed by atoms with van der Waals surface area (Å²) in [5, 5.41) is 0. The SMILES string of the molecule is CCC1(COc2ccc(C3(c4ccc(C(C)(C)C)cc4)c4ccccc4-c4ccc(N(c5ccc(-c6ccc(N(c7ccc(C)c(F)c7)c7ccc8c(c7)C(c7ccc(OCC9(CC)COC9)cc7)(c7ccc(C(C)(C)C)cc7)c7ccccc7-8)cc6)cc5)c5ccc(F)c(C)c5)cc43)cc2)COC1. The van der Waals surface area contributed by atoms with Gasteiger partial charge in [0.1, 0.15) is 23.1 Å². The number of ether oxygens (including phenoxy) is 4. The molecule has 8 heteroatoms. The quantitative estimate of drug-likeness (QED) is 0.0804. The van der Waals surface area contributed by atoms with Gasteiger partial charge < -0.3 is 28.7 Å². The highest BCUT2D eigenvalue weighted by atomic mass is 19.1. The van der Waals surface area contributed by atoms with Crippen LogP contribution in [0.15, 0.2) is 267 Å². The molecule has 16 rings (SSSR count). The second-order valence-corrected chi connectivity index (χ2v) is 31.7. The molecule has 0 aromatic heterocycles. The number of anilines is 6. The first-order valence-electron chi connectivity index (χ1n) is 36.9. The smallest absolute Gasteiger partial charge is 0.128 e. The zero-order valence-corrected chi connectivity index (χ0v) is 61.3. The Bertz CT molecular complexity index is 4840. The Kier molecular flexibility index (Phi) is 17.3. The molecule has 2 aliphatic heterocycles. The third-order valence-electron chi connectivity index (χ3n) is 23.1. The van der Waals surface area contributed by atoms with Crippen molar-refractivity contribution >= 4 is 34.1 Å². The van der Waals surface area contributed by atoms with Crippen LogP contribution in [0.4, 0.5) is 42.9 Å². The van der Waals surface area contributed by atoms with Crippen LogP contribution in [0.1, 0.15) is 135 Å². The monoisotopic (exact) mass is 1370 g/mol. The predicted octanol–water partition coefficient (Wildman–Crippen LogP) is 24.1. The summed E-state index contributed by atoms with van der Waals surface area (Å²) >= 11 is 0. The van der Waals surface area contributed by atoms with Crippen molar-refractivity contribution < 1.29 is 27.7 Å². The standard InChI is InChI=1S/C96H90F2N2O4/c1-11-93(57-101-58-93)61-103-79-46-34-71(35-47-79)95(69-30-26-67(27-31-69)91(5,6)7)85-19-15-13-17-81(85)83-50-43-76(54-87(83)95)99(75-45-52-89(97)64(4)53-75)73-39-22-65(23-40-73)66-24-41-74(42-25-66)100(78-38-21-63(3)90(98)56-78)77-44-51-84-82-18-14-16-20-86(82)96(88(84)55-77,70-32-28-68(29-33-70)92(8,9)10)72-36-48-80(49-37-72)104-62-94(12-2)59-102-60-94/h13-56H,11-12,57-62H2,1-10H3. The van der Waals surface area contributed by atoms with Gasteiger partial charge in [-0.15, -0.1) is 0 Å². The molecule has 104 heavy (non-hydrogen) atoms. The minimum Gasteiger partial charge on any atom is -0.493 e. The molecular weight excluding hydrogens is 1280 g/mol. The van der Waals surface area contributed by atoms with Gasteiger partial charge in [-0.1, -0.05) is 219 Å². The highest BCUT2D eigenvalue weighted by Gasteiger charge is 2.49. The van der Waals surface area contributed by atoms with E-state index in [-0.39, 0.29) is 33.3 Å². The number of benzene rings is 12. The molecule has 12 aromatic carbocycles. The Labute approximate surface area is 612 Å². The molecule has 2 saturated heterocycles. The minimum absolute atomic E-state index is 0.0373. The van der Waals surface area contributed by atoms with Crippen molar-refractivity contribution in [3.8, 4) is 44.9 Å². The molecule has 0 amide bonds. The highest BCUT2D eigenvalue weighted by Crippen LogP contribution is 2.60. The van der Waals surface area contributed by atoms with Crippen molar-refractivity contribution in [3.05, 3.63) is 345 Å². The third kappa shape index (κ3) is 11.7. The van der Waals surface area contributed by atoms with Crippen molar-refractivity contribution in [1.82, 2.24) is 0 Å². The van der Waals surface area contributed by atoms with Crippen molar-refractivity contribution in [1.29, 1.82) is 0 Å². The van der Waals surface area contributed by atoms with Gasteiger partial charge in [0.15, 0.2) is 0 Å². The maximum Gasteiger partial charge on any atom is 0.128 e. The normalized spacial score (nSPS) is 17.4. The Hall–Kier alpha value is -10.4. The predicted molar refractivity (Wildman–Crippen MR) is 421 cm³/mol. The van der Waals surface area contributed by atoms with Gasteiger partial charge in [-0.3, -0.25) is 0 Å². The van der Waals surface area contributed by atoms with Crippen LogP contribution in [0.2, 0.25) is 0 Å². The van der Waals surface area contributed by atoms with Crippen LogP contribution in [-0.2, 0) is 31.1 Å². The first kappa shape index (κ1) is 68.1. The number of hydrogen-bond donors (Lipinski definition) is 0. The summed E-state index contributed by atoms with van der Waals surface area (Å²) in [6.45, 7) is 25.7. The van der Waals surface area contributed by atoms with Gasteiger partial charge >= 0.3 is 0 Å². The van der Waals surface area contributed by atoms with Gasteiger partial charge in [-0.25, -0.2) is 8.78 Å². The molecule has 522 valence electrons. The first-order chi connectivity index (χ1) is 50.2. The molecule has 6 nitrogen and oxygen atoms in total. The van der Waals surface area contributed by atoms with Crippen molar-refractivity contribution in [2.24, 2.45) is 10.8 Å². The molecule has 4 aliphatic rings. The second-order valence-electron chi connectivity index (χ2n) is 31.7. The van der Waals surface area contributed by atoms with Crippen LogP contribution in [0, 0.1) is 36.3 Å². The van der Waals surface area contributed by atoms with E-state index in [0.29, 0.717) is 56.5 Å². The zero-order chi connectivity index (χ0) is 71.9. The largest absolute Gasteiger partial charge is 0.493 e. The molecule has 0 saturated carbocycles. The number of halogens is 2. The lowest BCUT2D eigenvalue weighted by Crippen LogP contribution is -2.46. The van der Waals surface area contributed by atoms with Gasteiger partial charge in [0.25, 0.3) is 0 Å². The Morgan fingerprint density at radius 2 is 0.692 bits per heavy atom. The molecule has 2 atom stereocenters. The number of nitrogens with zero attached hydrogens (tertiary/aromatic N) is 2. The van der Waals surface area contributed by atoms with Crippen molar-refractivity contribution in [3.63, 3.8) is 0 Å². The average molecular weight is 1370 g/mol. The molecule has 12 aromatic rings. The maximum atomic E-state index is 16.2. The molecule has 2 unspecified atom stereocenters. The summed E-state index contributed by atoms with van der Waals surface area (Å²) in [6.07, 6.45) is 1.99. The fourth-order valence-corrected chi connectivity index (χ4v) is 16.5. The van der Waals surface area contributed by atoms with Crippen LogP contribution >= 0.6 is 0 Å². The topological polar surface area (TPSA) is 43.4 Å². The van der Waals surface area contributed by atoms with E-state index in [1.165, 1.54) is 33.4 Å². The Balaban J connectivity index is 0.779. The van der Waals surface area contributed by atoms with Gasteiger partial charge in [-0.05, 0) is 241 Å². The number of rotatable bonds is 19.